The van der Waals surface area contributed by atoms with E-state index in [1.54, 1.807) is 23.1 Å². The fourth-order valence-corrected chi connectivity index (χ4v) is 6.33. The monoisotopic (exact) mass is 495 g/mol. The van der Waals surface area contributed by atoms with Gasteiger partial charge in [-0.05, 0) is 56.2 Å². The highest BCUT2D eigenvalue weighted by molar-refractivity contribution is 7.89. The molecule has 4 rings (SSSR count). The molecule has 0 aromatic heterocycles. The van der Waals surface area contributed by atoms with Crippen molar-refractivity contribution in [3.05, 3.63) is 59.7 Å². The minimum absolute atomic E-state index is 0.0815. The van der Waals surface area contributed by atoms with Crippen molar-refractivity contribution in [3.8, 4) is 0 Å². The van der Waals surface area contributed by atoms with Crippen LogP contribution in [0.4, 0.5) is 18.9 Å². The number of anilines is 1. The predicted octanol–water partition coefficient (Wildman–Crippen LogP) is 4.23. The third kappa shape index (κ3) is 5.07. The molecule has 2 fully saturated rings. The Hall–Kier alpha value is -2.59. The average molecular weight is 496 g/mol. The van der Waals surface area contributed by atoms with Crippen LogP contribution in [0, 0.1) is 0 Å². The molecule has 10 heteroatoms. The summed E-state index contributed by atoms with van der Waals surface area (Å²) in [7, 11) is -3.70. The van der Waals surface area contributed by atoms with Crippen LogP contribution in [0.15, 0.2) is 53.4 Å². The Morgan fingerprint density at radius 1 is 0.941 bits per heavy atom. The van der Waals surface area contributed by atoms with E-state index in [1.807, 2.05) is 11.8 Å². The zero-order valence-electron chi connectivity index (χ0n) is 19.0. The van der Waals surface area contributed by atoms with Gasteiger partial charge in [0.1, 0.15) is 0 Å². The minimum Gasteiger partial charge on any atom is -0.368 e. The molecule has 184 valence electrons. The molecule has 2 saturated heterocycles. The molecule has 2 aromatic carbocycles. The first-order valence-corrected chi connectivity index (χ1v) is 12.8. The van der Waals surface area contributed by atoms with Crippen molar-refractivity contribution in [2.45, 2.75) is 43.3 Å². The smallest absolute Gasteiger partial charge is 0.368 e. The van der Waals surface area contributed by atoms with Crippen molar-refractivity contribution in [3.63, 3.8) is 0 Å². The molecular formula is C24H28F3N3O3S. The molecule has 0 radical (unpaired) electrons. The van der Waals surface area contributed by atoms with Gasteiger partial charge in [0.25, 0.3) is 5.91 Å². The van der Waals surface area contributed by atoms with Crippen LogP contribution in [-0.4, -0.2) is 62.3 Å². The van der Waals surface area contributed by atoms with Crippen LogP contribution in [0.2, 0.25) is 0 Å². The Balaban J connectivity index is 1.45. The Bertz CT molecular complexity index is 1150. The van der Waals surface area contributed by atoms with Gasteiger partial charge in [0.2, 0.25) is 10.0 Å². The first kappa shape index (κ1) is 24.5. The molecule has 2 aromatic rings. The number of hydrogen-bond donors (Lipinski definition) is 0. The van der Waals surface area contributed by atoms with Crippen molar-refractivity contribution in [1.29, 1.82) is 0 Å². The van der Waals surface area contributed by atoms with E-state index in [4.69, 9.17) is 0 Å². The average Bonchev–Trinajstić information content (AvgIpc) is 2.83. The van der Waals surface area contributed by atoms with E-state index in [0.29, 0.717) is 44.0 Å². The first-order chi connectivity index (χ1) is 16.1. The molecule has 6 nitrogen and oxygen atoms in total. The third-order valence-corrected chi connectivity index (χ3v) is 8.54. The summed E-state index contributed by atoms with van der Waals surface area (Å²) in [6.45, 7) is 3.80. The summed E-state index contributed by atoms with van der Waals surface area (Å²) in [5.41, 5.74) is 0.0495. The number of halogens is 3. The number of alkyl halides is 3. The summed E-state index contributed by atoms with van der Waals surface area (Å²) in [6.07, 6.45) is -1.78. The van der Waals surface area contributed by atoms with Crippen molar-refractivity contribution in [2.75, 3.05) is 37.6 Å². The molecule has 2 aliphatic rings. The highest BCUT2D eigenvalue weighted by Gasteiger charge is 2.33. The summed E-state index contributed by atoms with van der Waals surface area (Å²) >= 11 is 0. The molecule has 0 bridgehead atoms. The molecule has 2 heterocycles. The van der Waals surface area contributed by atoms with Gasteiger partial charge in [0, 0.05) is 50.0 Å². The van der Waals surface area contributed by atoms with Gasteiger partial charge in [-0.25, -0.2) is 8.42 Å². The number of piperidine rings is 1. The van der Waals surface area contributed by atoms with Gasteiger partial charge >= 0.3 is 6.18 Å². The predicted molar refractivity (Wildman–Crippen MR) is 123 cm³/mol. The van der Waals surface area contributed by atoms with Gasteiger partial charge < -0.3 is 9.80 Å². The number of hydrogen-bond acceptors (Lipinski definition) is 4. The zero-order chi connectivity index (χ0) is 24.5. The standard InChI is InChI=1S/C24H28F3N3O3S/c1-18-6-2-3-11-30(18)34(32,33)22-10-4-7-19(16-22)23(31)29-14-12-28(13-15-29)21-9-5-8-20(17-21)24(25,26)27/h4-5,7-10,16-18H,2-3,6,11-15H2,1H3. The number of benzene rings is 2. The molecule has 2 aliphatic heterocycles. The zero-order valence-corrected chi connectivity index (χ0v) is 19.8. The molecule has 1 unspecified atom stereocenters. The maximum Gasteiger partial charge on any atom is 0.416 e. The summed E-state index contributed by atoms with van der Waals surface area (Å²) in [5.74, 6) is -0.285. The number of rotatable bonds is 4. The van der Waals surface area contributed by atoms with Crippen LogP contribution in [0.3, 0.4) is 0 Å². The van der Waals surface area contributed by atoms with Gasteiger partial charge in [-0.2, -0.15) is 17.5 Å². The van der Waals surface area contributed by atoms with E-state index in [-0.39, 0.29) is 16.8 Å². The number of piperazine rings is 1. The van der Waals surface area contributed by atoms with Gasteiger partial charge in [-0.1, -0.05) is 18.6 Å². The van der Waals surface area contributed by atoms with E-state index in [1.165, 1.54) is 22.5 Å². The maximum absolute atomic E-state index is 13.2. The quantitative estimate of drug-likeness (QED) is 0.637. The fourth-order valence-electron chi connectivity index (χ4n) is 4.58. The lowest BCUT2D eigenvalue weighted by Gasteiger charge is -2.36. The number of amides is 1. The molecule has 34 heavy (non-hydrogen) atoms. The number of nitrogens with zero attached hydrogens (tertiary/aromatic N) is 3. The number of carbonyl (C=O) groups excluding carboxylic acids is 1. The minimum atomic E-state index is -4.41. The SMILES string of the molecule is CC1CCCCN1S(=O)(=O)c1cccc(C(=O)N2CCN(c3cccc(C(F)(F)F)c3)CC2)c1. The Labute approximate surface area is 198 Å². The Morgan fingerprint density at radius 3 is 2.32 bits per heavy atom. The fraction of sp³-hybridized carbons (Fsp3) is 0.458. The van der Waals surface area contributed by atoms with E-state index in [0.717, 1.165) is 31.4 Å². The number of carbonyl (C=O) groups is 1. The molecule has 0 N–H and O–H groups in total. The number of sulfonamides is 1. The molecule has 0 saturated carbocycles. The van der Waals surface area contributed by atoms with E-state index >= 15 is 0 Å². The van der Waals surface area contributed by atoms with Crippen molar-refractivity contribution < 1.29 is 26.4 Å². The van der Waals surface area contributed by atoms with Crippen LogP contribution in [-0.2, 0) is 16.2 Å². The Kier molecular flexibility index (Phi) is 6.91. The van der Waals surface area contributed by atoms with Crippen molar-refractivity contribution in [1.82, 2.24) is 9.21 Å². The molecular weight excluding hydrogens is 467 g/mol. The largest absolute Gasteiger partial charge is 0.416 e. The third-order valence-electron chi connectivity index (χ3n) is 6.54. The van der Waals surface area contributed by atoms with E-state index < -0.39 is 21.8 Å². The second kappa shape index (κ2) is 9.58. The van der Waals surface area contributed by atoms with Gasteiger partial charge in [0.05, 0.1) is 10.5 Å². The highest BCUT2D eigenvalue weighted by atomic mass is 32.2. The molecule has 1 atom stereocenters. The lowest BCUT2D eigenvalue weighted by molar-refractivity contribution is -0.137. The summed E-state index contributed by atoms with van der Waals surface area (Å²) < 4.78 is 66.9. The van der Waals surface area contributed by atoms with Crippen LogP contribution >= 0.6 is 0 Å². The maximum atomic E-state index is 13.2. The van der Waals surface area contributed by atoms with Crippen LogP contribution < -0.4 is 4.90 Å². The Morgan fingerprint density at radius 2 is 1.65 bits per heavy atom. The summed E-state index contributed by atoms with van der Waals surface area (Å²) in [4.78, 5) is 16.6. The normalized spacial score (nSPS) is 20.4. The second-order valence-corrected chi connectivity index (χ2v) is 10.7. The highest BCUT2D eigenvalue weighted by Crippen LogP contribution is 2.32. The van der Waals surface area contributed by atoms with E-state index in [9.17, 15) is 26.4 Å². The van der Waals surface area contributed by atoms with Gasteiger partial charge in [0.15, 0.2) is 0 Å². The van der Waals surface area contributed by atoms with Crippen molar-refractivity contribution in [2.24, 2.45) is 0 Å². The van der Waals surface area contributed by atoms with Crippen LogP contribution in [0.5, 0.6) is 0 Å². The lowest BCUT2D eigenvalue weighted by atomic mass is 10.1. The van der Waals surface area contributed by atoms with Crippen molar-refractivity contribution >= 4 is 21.6 Å². The van der Waals surface area contributed by atoms with Crippen LogP contribution in [0.1, 0.15) is 42.1 Å². The van der Waals surface area contributed by atoms with Gasteiger partial charge in [-0.3, -0.25) is 4.79 Å². The molecule has 0 spiro atoms. The topological polar surface area (TPSA) is 60.9 Å². The molecule has 0 aliphatic carbocycles. The summed E-state index contributed by atoms with van der Waals surface area (Å²) in [6, 6.07) is 11.2. The lowest BCUT2D eigenvalue weighted by Crippen LogP contribution is -2.48. The second-order valence-electron chi connectivity index (χ2n) is 8.82. The first-order valence-electron chi connectivity index (χ1n) is 11.4. The summed E-state index contributed by atoms with van der Waals surface area (Å²) in [5, 5.41) is 0. The van der Waals surface area contributed by atoms with Gasteiger partial charge in [-0.15, -0.1) is 0 Å². The molecule has 1 amide bonds. The van der Waals surface area contributed by atoms with E-state index in [2.05, 4.69) is 0 Å². The van der Waals surface area contributed by atoms with Crippen LogP contribution in [0.25, 0.3) is 0 Å².